The first-order chi connectivity index (χ1) is 11.2. The van der Waals surface area contributed by atoms with Crippen LogP contribution in [-0.2, 0) is 11.2 Å². The van der Waals surface area contributed by atoms with Gasteiger partial charge >= 0.3 is 0 Å². The maximum absolute atomic E-state index is 12.4. The van der Waals surface area contributed by atoms with Crippen LogP contribution in [0.25, 0.3) is 10.2 Å². The number of nitrogens with zero attached hydrogens (tertiary/aromatic N) is 1. The lowest BCUT2D eigenvalue weighted by Crippen LogP contribution is -2.31. The minimum absolute atomic E-state index is 0.174. The van der Waals surface area contributed by atoms with E-state index in [0.29, 0.717) is 11.6 Å². The Hall–Kier alpha value is -2.60. The van der Waals surface area contributed by atoms with Gasteiger partial charge in [0.1, 0.15) is 11.5 Å². The average molecular weight is 326 g/mol. The van der Waals surface area contributed by atoms with E-state index in [-0.39, 0.29) is 5.91 Å². The predicted molar refractivity (Wildman–Crippen MR) is 89.4 cm³/mol. The van der Waals surface area contributed by atoms with Crippen molar-refractivity contribution in [2.24, 2.45) is 0 Å². The highest BCUT2D eigenvalue weighted by Gasteiger charge is 2.29. The summed E-state index contributed by atoms with van der Waals surface area (Å²) in [5.74, 6) is 1.38. The van der Waals surface area contributed by atoms with Gasteiger partial charge in [-0.3, -0.25) is 10.1 Å². The number of para-hydroxylation sites is 1. The number of fused-ring (bicyclic) bond motifs is 2. The predicted octanol–water partition coefficient (Wildman–Crippen LogP) is 3.25. The maximum Gasteiger partial charge on any atom is 0.267 e. The fourth-order valence-electron chi connectivity index (χ4n) is 2.60. The van der Waals surface area contributed by atoms with Gasteiger partial charge in [-0.2, -0.15) is 0 Å². The van der Waals surface area contributed by atoms with Crippen LogP contribution in [0.1, 0.15) is 5.56 Å². The van der Waals surface area contributed by atoms with Gasteiger partial charge in [0, 0.05) is 6.42 Å². The van der Waals surface area contributed by atoms with Gasteiger partial charge in [-0.05, 0) is 29.8 Å². The number of hydrogen-bond donors (Lipinski definition) is 1. The summed E-state index contributed by atoms with van der Waals surface area (Å²) in [6.07, 6.45) is 0.0784. The number of rotatable bonds is 3. The first-order valence-electron chi connectivity index (χ1n) is 7.23. The van der Waals surface area contributed by atoms with E-state index in [9.17, 15) is 4.79 Å². The molecule has 1 unspecified atom stereocenters. The SMILES string of the molecule is COc1ccc2nc(NC(=O)C3Cc4ccccc4O3)sc2c1. The normalized spacial score (nSPS) is 16.0. The van der Waals surface area contributed by atoms with E-state index in [4.69, 9.17) is 9.47 Å². The molecule has 5 nitrogen and oxygen atoms in total. The molecule has 0 aliphatic carbocycles. The molecule has 2 aromatic carbocycles. The summed E-state index contributed by atoms with van der Waals surface area (Å²) >= 11 is 1.42. The van der Waals surface area contributed by atoms with Gasteiger partial charge in [0.2, 0.25) is 0 Å². The van der Waals surface area contributed by atoms with Gasteiger partial charge in [0.15, 0.2) is 11.2 Å². The van der Waals surface area contributed by atoms with Crippen molar-refractivity contribution < 1.29 is 14.3 Å². The lowest BCUT2D eigenvalue weighted by atomic mass is 10.1. The van der Waals surface area contributed by atoms with E-state index < -0.39 is 6.10 Å². The van der Waals surface area contributed by atoms with Gasteiger partial charge in [-0.15, -0.1) is 0 Å². The number of carbonyl (C=O) groups excluding carboxylic acids is 1. The Morgan fingerprint density at radius 2 is 2.22 bits per heavy atom. The van der Waals surface area contributed by atoms with E-state index >= 15 is 0 Å². The van der Waals surface area contributed by atoms with Crippen molar-refractivity contribution in [1.82, 2.24) is 4.98 Å². The first-order valence-corrected chi connectivity index (χ1v) is 8.04. The van der Waals surface area contributed by atoms with Crippen LogP contribution in [-0.4, -0.2) is 24.1 Å². The van der Waals surface area contributed by atoms with Crippen LogP contribution in [0.15, 0.2) is 42.5 Å². The van der Waals surface area contributed by atoms with Gasteiger partial charge in [0.25, 0.3) is 5.91 Å². The second-order valence-corrected chi connectivity index (χ2v) is 6.29. The minimum atomic E-state index is -0.506. The zero-order valence-corrected chi connectivity index (χ0v) is 13.2. The quantitative estimate of drug-likeness (QED) is 0.802. The molecule has 0 saturated carbocycles. The van der Waals surface area contributed by atoms with Crippen LogP contribution < -0.4 is 14.8 Å². The third kappa shape index (κ3) is 2.61. The summed E-state index contributed by atoms with van der Waals surface area (Å²) < 4.78 is 11.9. The highest BCUT2D eigenvalue weighted by molar-refractivity contribution is 7.22. The number of thiazole rings is 1. The largest absolute Gasteiger partial charge is 0.497 e. The van der Waals surface area contributed by atoms with Crippen LogP contribution in [0.3, 0.4) is 0 Å². The van der Waals surface area contributed by atoms with E-state index in [1.165, 1.54) is 11.3 Å². The van der Waals surface area contributed by atoms with Crippen molar-refractivity contribution in [2.75, 3.05) is 12.4 Å². The third-order valence-corrected chi connectivity index (χ3v) is 4.70. The molecule has 4 rings (SSSR count). The Morgan fingerprint density at radius 3 is 3.04 bits per heavy atom. The first kappa shape index (κ1) is 14.0. The Labute approximate surface area is 136 Å². The molecule has 1 atom stereocenters. The number of amides is 1. The molecule has 0 radical (unpaired) electrons. The molecule has 1 amide bonds. The highest BCUT2D eigenvalue weighted by atomic mass is 32.1. The van der Waals surface area contributed by atoms with Crippen LogP contribution in [0.5, 0.6) is 11.5 Å². The van der Waals surface area contributed by atoms with Gasteiger partial charge in [-0.1, -0.05) is 29.5 Å². The molecule has 1 N–H and O–H groups in total. The standard InChI is InChI=1S/C17H14N2O3S/c1-21-11-6-7-12-15(9-11)23-17(18-12)19-16(20)14-8-10-4-2-3-5-13(10)22-14/h2-7,9,14H,8H2,1H3,(H,18,19,20). The molecule has 2 heterocycles. The van der Waals surface area contributed by atoms with Crippen molar-refractivity contribution in [3.05, 3.63) is 48.0 Å². The Morgan fingerprint density at radius 1 is 1.35 bits per heavy atom. The zero-order chi connectivity index (χ0) is 15.8. The lowest BCUT2D eigenvalue weighted by molar-refractivity contribution is -0.122. The summed E-state index contributed by atoms with van der Waals surface area (Å²) in [7, 11) is 1.62. The molecule has 116 valence electrons. The maximum atomic E-state index is 12.4. The van der Waals surface area contributed by atoms with Crippen molar-refractivity contribution >= 4 is 32.6 Å². The van der Waals surface area contributed by atoms with E-state index in [2.05, 4.69) is 10.3 Å². The van der Waals surface area contributed by atoms with Crippen LogP contribution in [0.4, 0.5) is 5.13 Å². The van der Waals surface area contributed by atoms with E-state index in [0.717, 1.165) is 27.3 Å². The van der Waals surface area contributed by atoms with Gasteiger partial charge in [-0.25, -0.2) is 4.98 Å². The second-order valence-electron chi connectivity index (χ2n) is 5.26. The van der Waals surface area contributed by atoms with Crippen molar-refractivity contribution in [3.63, 3.8) is 0 Å². The number of ether oxygens (including phenoxy) is 2. The summed E-state index contributed by atoms with van der Waals surface area (Å²) in [5.41, 5.74) is 1.89. The molecule has 1 aliphatic heterocycles. The smallest absolute Gasteiger partial charge is 0.267 e. The Kier molecular flexibility index (Phi) is 3.38. The molecule has 3 aromatic rings. The minimum Gasteiger partial charge on any atom is -0.497 e. The number of hydrogen-bond acceptors (Lipinski definition) is 5. The van der Waals surface area contributed by atoms with Crippen molar-refractivity contribution in [1.29, 1.82) is 0 Å². The zero-order valence-electron chi connectivity index (χ0n) is 12.4. The fraction of sp³-hybridized carbons (Fsp3) is 0.176. The molecule has 0 spiro atoms. The highest BCUT2D eigenvalue weighted by Crippen LogP contribution is 2.31. The molecule has 1 aliphatic rings. The van der Waals surface area contributed by atoms with E-state index in [1.807, 2.05) is 42.5 Å². The third-order valence-electron chi connectivity index (χ3n) is 3.77. The van der Waals surface area contributed by atoms with Crippen molar-refractivity contribution in [2.45, 2.75) is 12.5 Å². The fourth-order valence-corrected chi connectivity index (χ4v) is 3.50. The van der Waals surface area contributed by atoms with Crippen LogP contribution >= 0.6 is 11.3 Å². The monoisotopic (exact) mass is 326 g/mol. The summed E-state index contributed by atoms with van der Waals surface area (Å²) in [5, 5.41) is 3.42. The number of anilines is 1. The summed E-state index contributed by atoms with van der Waals surface area (Å²) in [6.45, 7) is 0. The molecule has 6 heteroatoms. The van der Waals surface area contributed by atoms with E-state index in [1.54, 1.807) is 7.11 Å². The average Bonchev–Trinajstić information content (AvgIpc) is 3.17. The molecule has 0 fully saturated rings. The molecular weight excluding hydrogens is 312 g/mol. The molecule has 0 saturated heterocycles. The topological polar surface area (TPSA) is 60.5 Å². The van der Waals surface area contributed by atoms with Crippen LogP contribution in [0, 0.1) is 0 Å². The molecule has 1 aromatic heterocycles. The number of benzene rings is 2. The number of carbonyl (C=O) groups is 1. The molecular formula is C17H14N2O3S. The Balaban J connectivity index is 1.51. The van der Waals surface area contributed by atoms with Crippen molar-refractivity contribution in [3.8, 4) is 11.5 Å². The van der Waals surface area contributed by atoms with Crippen LogP contribution in [0.2, 0.25) is 0 Å². The summed E-state index contributed by atoms with van der Waals surface area (Å²) in [6, 6.07) is 13.3. The second kappa shape index (κ2) is 5.55. The van der Waals surface area contributed by atoms with Gasteiger partial charge in [0.05, 0.1) is 17.3 Å². The van der Waals surface area contributed by atoms with Gasteiger partial charge < -0.3 is 9.47 Å². The number of methoxy groups -OCH3 is 1. The summed E-state index contributed by atoms with van der Waals surface area (Å²) in [4.78, 5) is 16.8. The molecule has 23 heavy (non-hydrogen) atoms. The number of aromatic nitrogens is 1. The number of nitrogens with one attached hydrogen (secondary N) is 1. The molecule has 0 bridgehead atoms. The lowest BCUT2D eigenvalue weighted by Gasteiger charge is -2.09. The Bertz CT molecular complexity index is 865.